The summed E-state index contributed by atoms with van der Waals surface area (Å²) < 4.78 is 2.68. The number of hydrogen-bond acceptors (Lipinski definition) is 3. The highest BCUT2D eigenvalue weighted by molar-refractivity contribution is 7.26. The largest absolute Gasteiger partial charge is 0.372 e. The number of aromatic nitrogens is 1. The van der Waals surface area contributed by atoms with Crippen LogP contribution in [-0.4, -0.2) is 4.98 Å². The Morgan fingerprint density at radius 2 is 1.49 bits per heavy atom. The van der Waals surface area contributed by atoms with E-state index in [1.54, 1.807) is 0 Å². The predicted molar refractivity (Wildman–Crippen MR) is 208 cm³/mol. The van der Waals surface area contributed by atoms with Gasteiger partial charge in [-0.15, -0.1) is 11.3 Å². The quantitative estimate of drug-likeness (QED) is 0.207. The molecule has 3 aliphatic rings. The molecule has 11 rings (SSSR count). The van der Waals surface area contributed by atoms with Crippen molar-refractivity contribution in [2.45, 2.75) is 18.9 Å². The summed E-state index contributed by atoms with van der Waals surface area (Å²) in [6.07, 6.45) is 9.07. The number of hydrogen-bond donors (Lipinski definition) is 1. The number of pyridine rings is 1. The SMILES string of the molecule is C1=CC(c2cccc(-c3cccc4c3sc3ccccc34)c2)Nc2c1ccc1ccc(-c3ccc4c5c3CCC=C5c3ccccc3-4)nc21. The van der Waals surface area contributed by atoms with E-state index in [-0.39, 0.29) is 6.04 Å². The molecule has 230 valence electrons. The van der Waals surface area contributed by atoms with Crippen molar-refractivity contribution in [1.29, 1.82) is 0 Å². The van der Waals surface area contributed by atoms with Crippen molar-refractivity contribution in [2.24, 2.45) is 0 Å². The summed E-state index contributed by atoms with van der Waals surface area (Å²) in [6.45, 7) is 0. The van der Waals surface area contributed by atoms with Gasteiger partial charge in [-0.25, -0.2) is 4.98 Å². The lowest BCUT2D eigenvalue weighted by Gasteiger charge is -2.25. The number of fused-ring (bicyclic) bond motifs is 9. The van der Waals surface area contributed by atoms with Gasteiger partial charge in [-0.3, -0.25) is 0 Å². The molecule has 3 heterocycles. The Hall–Kier alpha value is -5.77. The van der Waals surface area contributed by atoms with Gasteiger partial charge >= 0.3 is 0 Å². The molecule has 0 amide bonds. The van der Waals surface area contributed by atoms with E-state index in [4.69, 9.17) is 4.98 Å². The van der Waals surface area contributed by atoms with Crippen molar-refractivity contribution in [3.63, 3.8) is 0 Å². The second-order valence-electron chi connectivity index (χ2n) is 13.4. The lowest BCUT2D eigenvalue weighted by atomic mass is 9.85. The van der Waals surface area contributed by atoms with E-state index in [2.05, 4.69) is 151 Å². The van der Waals surface area contributed by atoms with Crippen molar-refractivity contribution in [1.82, 2.24) is 4.98 Å². The van der Waals surface area contributed by atoms with Gasteiger partial charge in [-0.1, -0.05) is 127 Å². The minimum atomic E-state index is 0.0393. The Kier molecular flexibility index (Phi) is 5.75. The summed E-state index contributed by atoms with van der Waals surface area (Å²) in [4.78, 5) is 5.42. The highest BCUT2D eigenvalue weighted by Gasteiger charge is 2.29. The van der Waals surface area contributed by atoms with Gasteiger partial charge in [-0.05, 0) is 86.7 Å². The third-order valence-electron chi connectivity index (χ3n) is 10.7. The van der Waals surface area contributed by atoms with Crippen molar-refractivity contribution in [2.75, 3.05) is 5.32 Å². The van der Waals surface area contributed by atoms with Gasteiger partial charge in [0.15, 0.2) is 0 Å². The van der Waals surface area contributed by atoms with Crippen LogP contribution >= 0.6 is 11.3 Å². The second kappa shape index (κ2) is 10.4. The van der Waals surface area contributed by atoms with Crippen LogP contribution in [0, 0.1) is 0 Å². The average Bonchev–Trinajstić information content (AvgIpc) is 3.71. The Morgan fingerprint density at radius 3 is 2.47 bits per heavy atom. The van der Waals surface area contributed by atoms with Crippen LogP contribution in [0.15, 0.2) is 140 Å². The van der Waals surface area contributed by atoms with Crippen LogP contribution in [0.4, 0.5) is 5.69 Å². The highest BCUT2D eigenvalue weighted by Crippen LogP contribution is 2.50. The summed E-state index contributed by atoms with van der Waals surface area (Å²) in [5, 5.41) is 7.73. The zero-order valence-corrected chi connectivity index (χ0v) is 27.5. The van der Waals surface area contributed by atoms with Crippen LogP contribution in [0.3, 0.4) is 0 Å². The van der Waals surface area contributed by atoms with Crippen LogP contribution in [0.5, 0.6) is 0 Å². The van der Waals surface area contributed by atoms with E-state index in [1.807, 2.05) is 11.3 Å². The van der Waals surface area contributed by atoms with E-state index in [0.717, 1.165) is 35.1 Å². The Labute approximate surface area is 288 Å². The number of nitrogens with one attached hydrogen (secondary N) is 1. The van der Waals surface area contributed by atoms with Crippen LogP contribution in [0.1, 0.15) is 40.3 Å². The molecule has 1 atom stereocenters. The monoisotopic (exact) mass is 642 g/mol. The maximum atomic E-state index is 5.42. The van der Waals surface area contributed by atoms with E-state index in [9.17, 15) is 0 Å². The molecular weight excluding hydrogens is 613 g/mol. The second-order valence-corrected chi connectivity index (χ2v) is 14.5. The predicted octanol–water partition coefficient (Wildman–Crippen LogP) is 12.5. The van der Waals surface area contributed by atoms with Gasteiger partial charge in [0.1, 0.15) is 0 Å². The average molecular weight is 643 g/mol. The summed E-state index contributed by atoms with van der Waals surface area (Å²) in [7, 11) is 0. The molecule has 2 aromatic heterocycles. The number of allylic oxidation sites excluding steroid dienone is 1. The van der Waals surface area contributed by atoms with Gasteiger partial charge in [0.05, 0.1) is 22.9 Å². The normalized spacial score (nSPS) is 15.6. The fraction of sp³-hybridized carbons (Fsp3) is 0.0652. The molecule has 0 bridgehead atoms. The third kappa shape index (κ3) is 4.03. The first-order chi connectivity index (χ1) is 24.3. The van der Waals surface area contributed by atoms with Gasteiger partial charge in [-0.2, -0.15) is 0 Å². The van der Waals surface area contributed by atoms with E-state index >= 15 is 0 Å². The minimum absolute atomic E-state index is 0.0393. The zero-order valence-electron chi connectivity index (χ0n) is 26.7. The lowest BCUT2D eigenvalue weighted by molar-refractivity contribution is 0.979. The van der Waals surface area contributed by atoms with Crippen LogP contribution in [-0.2, 0) is 6.42 Å². The smallest absolute Gasteiger partial charge is 0.0947 e. The van der Waals surface area contributed by atoms with Gasteiger partial charge < -0.3 is 5.32 Å². The first kappa shape index (κ1) is 27.2. The van der Waals surface area contributed by atoms with Crippen LogP contribution in [0.2, 0.25) is 0 Å². The van der Waals surface area contributed by atoms with E-state index in [0.29, 0.717) is 0 Å². The molecule has 49 heavy (non-hydrogen) atoms. The molecule has 0 radical (unpaired) electrons. The van der Waals surface area contributed by atoms with Crippen molar-refractivity contribution >= 4 is 59.7 Å². The maximum Gasteiger partial charge on any atom is 0.0947 e. The number of anilines is 1. The zero-order chi connectivity index (χ0) is 32.1. The molecule has 0 spiro atoms. The molecule has 1 unspecified atom stereocenters. The first-order valence-electron chi connectivity index (χ1n) is 17.1. The first-order valence-corrected chi connectivity index (χ1v) is 18.0. The topological polar surface area (TPSA) is 24.9 Å². The Balaban J connectivity index is 0.986. The molecular formula is C46H30N2S. The standard InChI is InChI=1S/C46H30N2S/c1-2-11-33-32(10-1)36-14-7-15-37-34(22-23-38(33)43(36)37)41-25-21-28-19-18-27-20-24-40(47-44(27)45(28)48-41)30-9-5-8-29(26-30)31-13-6-16-39-35-12-3-4-17-42(35)49-46(31)39/h1-6,8-14,16-26,40,47H,7,15H2. The molecule has 0 fully saturated rings. The summed E-state index contributed by atoms with van der Waals surface area (Å²) in [5.74, 6) is 0. The molecule has 2 nitrogen and oxygen atoms in total. The number of rotatable bonds is 3. The number of nitrogens with zero attached hydrogens (tertiary/aromatic N) is 1. The highest BCUT2D eigenvalue weighted by atomic mass is 32.1. The van der Waals surface area contributed by atoms with Crippen molar-refractivity contribution in [3.8, 4) is 33.5 Å². The molecule has 1 N–H and O–H groups in total. The fourth-order valence-corrected chi connectivity index (χ4v) is 9.70. The van der Waals surface area contributed by atoms with Crippen molar-refractivity contribution in [3.05, 3.63) is 167 Å². The maximum absolute atomic E-state index is 5.42. The molecule has 1 aliphatic heterocycles. The summed E-state index contributed by atoms with van der Waals surface area (Å²) in [6, 6.07) is 46.9. The molecule has 6 aromatic carbocycles. The van der Waals surface area contributed by atoms with Crippen LogP contribution < -0.4 is 5.32 Å². The number of thiophene rings is 1. The lowest BCUT2D eigenvalue weighted by Crippen LogP contribution is -2.13. The Bertz CT molecular complexity index is 2760. The molecule has 3 heteroatoms. The molecule has 2 aliphatic carbocycles. The van der Waals surface area contributed by atoms with E-state index in [1.165, 1.54) is 81.4 Å². The third-order valence-corrected chi connectivity index (χ3v) is 12.0. The van der Waals surface area contributed by atoms with Crippen molar-refractivity contribution < 1.29 is 0 Å². The molecule has 8 aromatic rings. The molecule has 0 saturated heterocycles. The van der Waals surface area contributed by atoms with E-state index < -0.39 is 0 Å². The Morgan fingerprint density at radius 1 is 0.673 bits per heavy atom. The summed E-state index contributed by atoms with van der Waals surface area (Å²) in [5.41, 5.74) is 17.7. The van der Waals surface area contributed by atoms with Gasteiger partial charge in [0.25, 0.3) is 0 Å². The van der Waals surface area contributed by atoms with Crippen LogP contribution in [0.25, 0.3) is 76.2 Å². The van der Waals surface area contributed by atoms with Gasteiger partial charge in [0, 0.05) is 31.1 Å². The minimum Gasteiger partial charge on any atom is -0.372 e. The summed E-state index contributed by atoms with van der Waals surface area (Å²) >= 11 is 1.88. The number of benzene rings is 6. The fourth-order valence-electron chi connectivity index (χ4n) is 8.46. The molecule has 0 saturated carbocycles. The van der Waals surface area contributed by atoms with Gasteiger partial charge in [0.2, 0.25) is 0 Å².